The normalized spacial score (nSPS) is 15.4. The van der Waals surface area contributed by atoms with Crippen molar-refractivity contribution < 1.29 is 9.72 Å². The fourth-order valence-corrected chi connectivity index (χ4v) is 3.97. The number of nitrogens with two attached hydrogens (primary N) is 1. The molecule has 1 unspecified atom stereocenters. The van der Waals surface area contributed by atoms with Crippen LogP contribution in [0.15, 0.2) is 72.8 Å². The van der Waals surface area contributed by atoms with Gasteiger partial charge in [-0.2, -0.15) is 0 Å². The van der Waals surface area contributed by atoms with E-state index in [0.29, 0.717) is 43.3 Å². The molecule has 0 radical (unpaired) electrons. The predicted molar refractivity (Wildman–Crippen MR) is 118 cm³/mol. The second-order valence-electron chi connectivity index (χ2n) is 7.40. The molecule has 1 atom stereocenters. The van der Waals surface area contributed by atoms with Gasteiger partial charge in [-0.25, -0.2) is 4.98 Å². The molecular formula is C23H23N5O3. The monoisotopic (exact) mass is 417 g/mol. The number of hydrogen-bond donors (Lipinski definition) is 1. The van der Waals surface area contributed by atoms with Crippen LogP contribution < -0.4 is 10.6 Å². The lowest BCUT2D eigenvalue weighted by atomic mass is 10.0. The number of pyridine rings is 1. The highest BCUT2D eigenvalue weighted by Gasteiger charge is 2.30. The Hall–Kier alpha value is -3.78. The minimum Gasteiger partial charge on any atom is -0.368 e. The van der Waals surface area contributed by atoms with Crippen molar-refractivity contribution in [1.29, 1.82) is 0 Å². The van der Waals surface area contributed by atoms with E-state index in [2.05, 4.69) is 14.8 Å². The highest BCUT2D eigenvalue weighted by molar-refractivity contribution is 5.81. The van der Waals surface area contributed by atoms with Crippen LogP contribution in [0.1, 0.15) is 11.6 Å². The zero-order valence-electron chi connectivity index (χ0n) is 16.9. The van der Waals surface area contributed by atoms with Gasteiger partial charge >= 0.3 is 0 Å². The Balaban J connectivity index is 1.55. The number of piperazine rings is 1. The summed E-state index contributed by atoms with van der Waals surface area (Å²) in [4.78, 5) is 32.0. The standard InChI is InChI=1S/C23H23N5O3/c24-23(29)22(18-9-5-2-6-10-18)27-15-13-26(14-16-27)20-12-11-19(28(30)31)21(25-20)17-7-3-1-4-8-17/h1-12,22H,13-16H2,(H2,24,29). The maximum atomic E-state index is 12.1. The van der Waals surface area contributed by atoms with Crippen LogP contribution in [0.5, 0.6) is 0 Å². The van der Waals surface area contributed by atoms with Crippen molar-refractivity contribution in [3.8, 4) is 11.3 Å². The lowest BCUT2D eigenvalue weighted by molar-refractivity contribution is -0.384. The first kappa shape index (κ1) is 20.5. The number of aromatic nitrogens is 1. The van der Waals surface area contributed by atoms with Crippen molar-refractivity contribution >= 4 is 17.4 Å². The Morgan fingerprint density at radius 2 is 1.55 bits per heavy atom. The number of carbonyl (C=O) groups excluding carboxylic acids is 1. The van der Waals surface area contributed by atoms with E-state index in [-0.39, 0.29) is 11.6 Å². The summed E-state index contributed by atoms with van der Waals surface area (Å²) >= 11 is 0. The molecule has 0 saturated carbocycles. The average molecular weight is 417 g/mol. The largest absolute Gasteiger partial charge is 0.368 e. The smallest absolute Gasteiger partial charge is 0.295 e. The highest BCUT2D eigenvalue weighted by atomic mass is 16.6. The number of nitrogens with zero attached hydrogens (tertiary/aromatic N) is 4. The van der Waals surface area contributed by atoms with Gasteiger partial charge in [-0.3, -0.25) is 19.8 Å². The molecule has 0 aliphatic carbocycles. The molecule has 2 N–H and O–H groups in total. The number of amides is 1. The molecule has 31 heavy (non-hydrogen) atoms. The molecule has 2 aromatic carbocycles. The summed E-state index contributed by atoms with van der Waals surface area (Å²) in [5.74, 6) is 0.305. The van der Waals surface area contributed by atoms with Crippen LogP contribution in [0.25, 0.3) is 11.3 Å². The minimum atomic E-state index is -0.479. The van der Waals surface area contributed by atoms with Gasteiger partial charge in [0.1, 0.15) is 11.9 Å². The quantitative estimate of drug-likeness (QED) is 0.488. The van der Waals surface area contributed by atoms with Crippen molar-refractivity contribution in [2.75, 3.05) is 31.1 Å². The first-order valence-electron chi connectivity index (χ1n) is 10.1. The topological polar surface area (TPSA) is 106 Å². The van der Waals surface area contributed by atoms with Crippen molar-refractivity contribution in [2.45, 2.75) is 6.04 Å². The number of anilines is 1. The number of benzene rings is 2. The van der Waals surface area contributed by atoms with E-state index in [1.54, 1.807) is 6.07 Å². The molecule has 0 spiro atoms. The fraction of sp³-hybridized carbons (Fsp3) is 0.217. The number of rotatable bonds is 6. The van der Waals surface area contributed by atoms with Crippen molar-refractivity contribution in [3.63, 3.8) is 0 Å². The predicted octanol–water partition coefficient (Wildman–Crippen LogP) is 3.01. The molecule has 1 amide bonds. The van der Waals surface area contributed by atoms with Gasteiger partial charge in [0.2, 0.25) is 5.91 Å². The third kappa shape index (κ3) is 4.39. The van der Waals surface area contributed by atoms with Gasteiger partial charge in [-0.1, -0.05) is 60.7 Å². The fourth-order valence-electron chi connectivity index (χ4n) is 3.97. The van der Waals surface area contributed by atoms with E-state index >= 15 is 0 Å². The minimum absolute atomic E-state index is 0.0218. The van der Waals surface area contributed by atoms with E-state index in [1.165, 1.54) is 6.07 Å². The Labute approximate surface area is 180 Å². The zero-order chi connectivity index (χ0) is 21.8. The van der Waals surface area contributed by atoms with Crippen molar-refractivity contribution in [3.05, 3.63) is 88.5 Å². The third-order valence-corrected chi connectivity index (χ3v) is 5.49. The molecule has 8 nitrogen and oxygen atoms in total. The summed E-state index contributed by atoms with van der Waals surface area (Å²) in [5.41, 5.74) is 7.61. The second kappa shape index (κ2) is 8.93. The Kier molecular flexibility index (Phi) is 5.90. The first-order chi connectivity index (χ1) is 15.0. The zero-order valence-corrected chi connectivity index (χ0v) is 16.9. The molecule has 0 bridgehead atoms. The molecule has 1 saturated heterocycles. The molecule has 1 aliphatic rings. The molecule has 8 heteroatoms. The summed E-state index contributed by atoms with van der Waals surface area (Å²) in [6.07, 6.45) is 0. The molecule has 3 aromatic rings. The van der Waals surface area contributed by atoms with E-state index in [1.807, 2.05) is 60.7 Å². The van der Waals surface area contributed by atoms with Crippen LogP contribution in [0.3, 0.4) is 0 Å². The average Bonchev–Trinajstić information content (AvgIpc) is 2.80. The summed E-state index contributed by atoms with van der Waals surface area (Å²) in [5, 5.41) is 11.5. The first-order valence-corrected chi connectivity index (χ1v) is 10.1. The maximum absolute atomic E-state index is 12.1. The van der Waals surface area contributed by atoms with E-state index in [0.717, 1.165) is 5.56 Å². The van der Waals surface area contributed by atoms with Gasteiger partial charge in [0.15, 0.2) is 5.69 Å². The van der Waals surface area contributed by atoms with Crippen molar-refractivity contribution in [1.82, 2.24) is 9.88 Å². The molecule has 2 heterocycles. The van der Waals surface area contributed by atoms with Gasteiger partial charge in [0, 0.05) is 37.8 Å². The van der Waals surface area contributed by atoms with Gasteiger partial charge in [0.25, 0.3) is 5.69 Å². The molecular weight excluding hydrogens is 394 g/mol. The lowest BCUT2D eigenvalue weighted by Gasteiger charge is -2.38. The Morgan fingerprint density at radius 1 is 0.935 bits per heavy atom. The molecule has 158 valence electrons. The number of hydrogen-bond acceptors (Lipinski definition) is 6. The van der Waals surface area contributed by atoms with E-state index in [9.17, 15) is 14.9 Å². The lowest BCUT2D eigenvalue weighted by Crippen LogP contribution is -2.50. The number of carbonyl (C=O) groups is 1. The van der Waals surface area contributed by atoms with Crippen LogP contribution in [0.4, 0.5) is 11.5 Å². The summed E-state index contributed by atoms with van der Waals surface area (Å²) in [6, 6.07) is 21.4. The molecule has 1 aromatic heterocycles. The molecule has 1 aliphatic heterocycles. The molecule has 4 rings (SSSR count). The SMILES string of the molecule is NC(=O)C(c1ccccc1)N1CCN(c2ccc([N+](=O)[O-])c(-c3ccccc3)n2)CC1. The van der Waals surface area contributed by atoms with Crippen molar-refractivity contribution in [2.24, 2.45) is 5.73 Å². The second-order valence-corrected chi connectivity index (χ2v) is 7.40. The van der Waals surface area contributed by atoms with Crippen LogP contribution in [0.2, 0.25) is 0 Å². The summed E-state index contributed by atoms with van der Waals surface area (Å²) in [7, 11) is 0. The van der Waals surface area contributed by atoms with E-state index in [4.69, 9.17) is 5.73 Å². The highest BCUT2D eigenvalue weighted by Crippen LogP contribution is 2.31. The third-order valence-electron chi connectivity index (χ3n) is 5.49. The van der Waals surface area contributed by atoms with E-state index < -0.39 is 11.0 Å². The van der Waals surface area contributed by atoms with Gasteiger partial charge in [-0.15, -0.1) is 0 Å². The van der Waals surface area contributed by atoms with Crippen LogP contribution in [-0.4, -0.2) is 46.9 Å². The number of primary amides is 1. The van der Waals surface area contributed by atoms with Crippen LogP contribution in [-0.2, 0) is 4.79 Å². The molecule has 1 fully saturated rings. The maximum Gasteiger partial charge on any atom is 0.295 e. The number of nitro groups is 1. The van der Waals surface area contributed by atoms with Crippen LogP contribution >= 0.6 is 0 Å². The van der Waals surface area contributed by atoms with Gasteiger partial charge in [-0.05, 0) is 11.6 Å². The Morgan fingerprint density at radius 3 is 2.13 bits per heavy atom. The van der Waals surface area contributed by atoms with Crippen LogP contribution in [0, 0.1) is 10.1 Å². The Bertz CT molecular complexity index is 1070. The summed E-state index contributed by atoms with van der Waals surface area (Å²) in [6.45, 7) is 2.52. The summed E-state index contributed by atoms with van der Waals surface area (Å²) < 4.78 is 0. The van der Waals surface area contributed by atoms with Gasteiger partial charge in [0.05, 0.1) is 4.92 Å². The van der Waals surface area contributed by atoms with Gasteiger partial charge < -0.3 is 10.6 Å².